The summed E-state index contributed by atoms with van der Waals surface area (Å²) in [6.07, 6.45) is 0. The van der Waals surface area contributed by atoms with Crippen LogP contribution in [0.1, 0.15) is 15.2 Å². The lowest BCUT2D eigenvalue weighted by molar-refractivity contribution is 0.104. The van der Waals surface area contributed by atoms with Crippen molar-refractivity contribution in [3.8, 4) is 11.5 Å². The maximum absolute atomic E-state index is 12.4. The zero-order valence-electron chi connectivity index (χ0n) is 9.61. The fourth-order valence-corrected chi connectivity index (χ4v) is 3.65. The van der Waals surface area contributed by atoms with Gasteiger partial charge in [-0.15, -0.1) is 11.3 Å². The Balaban J connectivity index is 2.03. The SMILES string of the molecule is O=C(c1ccc(Br)s1)c1cc2c(cc1Br)OCCO2. The first-order valence-corrected chi connectivity index (χ1v) is 7.94. The van der Waals surface area contributed by atoms with Crippen LogP contribution in [-0.4, -0.2) is 19.0 Å². The molecule has 3 rings (SSSR count). The molecule has 1 aromatic carbocycles. The first kappa shape index (κ1) is 13.1. The van der Waals surface area contributed by atoms with Crippen LogP contribution in [0.2, 0.25) is 0 Å². The number of halogens is 2. The van der Waals surface area contributed by atoms with Crippen molar-refractivity contribution >= 4 is 49.0 Å². The van der Waals surface area contributed by atoms with Crippen molar-refractivity contribution in [3.63, 3.8) is 0 Å². The van der Waals surface area contributed by atoms with Gasteiger partial charge in [0, 0.05) is 10.0 Å². The molecule has 0 amide bonds. The van der Waals surface area contributed by atoms with E-state index in [9.17, 15) is 4.79 Å². The molecular weight excluding hydrogens is 396 g/mol. The van der Waals surface area contributed by atoms with Crippen LogP contribution in [-0.2, 0) is 0 Å². The predicted octanol–water partition coefficient (Wildman–Crippen LogP) is 4.28. The summed E-state index contributed by atoms with van der Waals surface area (Å²) in [7, 11) is 0. The molecule has 0 aliphatic carbocycles. The molecule has 2 aromatic rings. The smallest absolute Gasteiger partial charge is 0.204 e. The standard InChI is InChI=1S/C13H8Br2O3S/c14-8-6-10-9(17-3-4-18-10)5-7(8)13(16)11-1-2-12(15)19-11/h1-2,5-6H,3-4H2. The highest BCUT2D eigenvalue weighted by atomic mass is 79.9. The van der Waals surface area contributed by atoms with E-state index in [4.69, 9.17) is 9.47 Å². The predicted molar refractivity (Wildman–Crippen MR) is 80.6 cm³/mol. The molecule has 98 valence electrons. The third-order valence-electron chi connectivity index (χ3n) is 2.67. The van der Waals surface area contributed by atoms with Gasteiger partial charge in [-0.3, -0.25) is 4.79 Å². The fourth-order valence-electron chi connectivity index (χ4n) is 1.81. The van der Waals surface area contributed by atoms with Crippen molar-refractivity contribution in [2.45, 2.75) is 0 Å². The van der Waals surface area contributed by atoms with Crippen LogP contribution in [0, 0.1) is 0 Å². The highest BCUT2D eigenvalue weighted by molar-refractivity contribution is 9.11. The molecule has 0 fully saturated rings. The molecule has 1 aliphatic rings. The van der Waals surface area contributed by atoms with Crippen molar-refractivity contribution in [3.05, 3.63) is 43.0 Å². The molecule has 2 heterocycles. The molecule has 0 spiro atoms. The molecule has 0 radical (unpaired) electrons. The zero-order chi connectivity index (χ0) is 13.4. The highest BCUT2D eigenvalue weighted by Crippen LogP contribution is 2.37. The summed E-state index contributed by atoms with van der Waals surface area (Å²) in [6, 6.07) is 7.18. The van der Waals surface area contributed by atoms with Gasteiger partial charge in [0.15, 0.2) is 11.5 Å². The van der Waals surface area contributed by atoms with E-state index in [1.54, 1.807) is 18.2 Å². The number of hydrogen-bond donors (Lipinski definition) is 0. The summed E-state index contributed by atoms with van der Waals surface area (Å²) >= 11 is 8.19. The van der Waals surface area contributed by atoms with Gasteiger partial charge in [0.25, 0.3) is 0 Å². The molecule has 6 heteroatoms. The number of rotatable bonds is 2. The van der Waals surface area contributed by atoms with E-state index in [-0.39, 0.29) is 5.78 Å². The van der Waals surface area contributed by atoms with Gasteiger partial charge < -0.3 is 9.47 Å². The number of carbonyl (C=O) groups excluding carboxylic acids is 1. The Morgan fingerprint density at radius 1 is 1.11 bits per heavy atom. The molecule has 0 atom stereocenters. The Labute approximate surface area is 130 Å². The molecule has 3 nitrogen and oxygen atoms in total. The van der Waals surface area contributed by atoms with Crippen LogP contribution in [0.4, 0.5) is 0 Å². The first-order chi connectivity index (χ1) is 9.15. The van der Waals surface area contributed by atoms with Crippen molar-refractivity contribution in [2.24, 2.45) is 0 Å². The largest absolute Gasteiger partial charge is 0.486 e. The van der Waals surface area contributed by atoms with Crippen LogP contribution in [0.5, 0.6) is 11.5 Å². The van der Waals surface area contributed by atoms with Crippen molar-refractivity contribution in [1.29, 1.82) is 0 Å². The highest BCUT2D eigenvalue weighted by Gasteiger charge is 2.20. The average Bonchev–Trinajstić information content (AvgIpc) is 2.84. The molecule has 0 saturated carbocycles. The second-order valence-corrected chi connectivity index (χ2v) is 7.23. The Kier molecular flexibility index (Phi) is 3.64. The van der Waals surface area contributed by atoms with Gasteiger partial charge in [-0.05, 0) is 56.1 Å². The van der Waals surface area contributed by atoms with E-state index < -0.39 is 0 Å². The summed E-state index contributed by atoms with van der Waals surface area (Å²) in [6.45, 7) is 1.04. The number of carbonyl (C=O) groups is 1. The lowest BCUT2D eigenvalue weighted by Gasteiger charge is -2.19. The molecule has 0 saturated heterocycles. The fraction of sp³-hybridized carbons (Fsp3) is 0.154. The van der Waals surface area contributed by atoms with Crippen molar-refractivity contribution in [2.75, 3.05) is 13.2 Å². The number of ether oxygens (including phenoxy) is 2. The number of fused-ring (bicyclic) bond motifs is 1. The van der Waals surface area contributed by atoms with Gasteiger partial charge in [-0.25, -0.2) is 0 Å². The lowest BCUT2D eigenvalue weighted by Crippen LogP contribution is -2.16. The number of benzene rings is 1. The Morgan fingerprint density at radius 3 is 2.42 bits per heavy atom. The van der Waals surface area contributed by atoms with E-state index in [0.29, 0.717) is 39.6 Å². The van der Waals surface area contributed by atoms with Gasteiger partial charge in [0.05, 0.1) is 8.66 Å². The second kappa shape index (κ2) is 5.26. The molecule has 1 aliphatic heterocycles. The van der Waals surface area contributed by atoms with E-state index >= 15 is 0 Å². The second-order valence-electron chi connectivity index (χ2n) is 3.91. The Bertz CT molecular complexity index is 651. The first-order valence-electron chi connectivity index (χ1n) is 5.54. The Hall–Kier alpha value is -0.850. The molecule has 0 bridgehead atoms. The van der Waals surface area contributed by atoms with Gasteiger partial charge in [0.1, 0.15) is 13.2 Å². The molecule has 0 N–H and O–H groups in total. The quantitative estimate of drug-likeness (QED) is 0.702. The third kappa shape index (κ3) is 2.57. The van der Waals surface area contributed by atoms with Gasteiger partial charge >= 0.3 is 0 Å². The topological polar surface area (TPSA) is 35.5 Å². The summed E-state index contributed by atoms with van der Waals surface area (Å²) in [4.78, 5) is 13.1. The lowest BCUT2D eigenvalue weighted by atomic mass is 10.1. The molecular formula is C13H8Br2O3S. The van der Waals surface area contributed by atoms with E-state index in [1.807, 2.05) is 6.07 Å². The molecule has 0 unspecified atom stereocenters. The average molecular weight is 404 g/mol. The maximum atomic E-state index is 12.4. The third-order valence-corrected chi connectivity index (χ3v) is 4.95. The van der Waals surface area contributed by atoms with E-state index in [0.717, 1.165) is 3.79 Å². The van der Waals surface area contributed by atoms with Crippen molar-refractivity contribution in [1.82, 2.24) is 0 Å². The zero-order valence-corrected chi connectivity index (χ0v) is 13.6. The van der Waals surface area contributed by atoms with Gasteiger partial charge in [0.2, 0.25) is 5.78 Å². The number of hydrogen-bond acceptors (Lipinski definition) is 4. The monoisotopic (exact) mass is 402 g/mol. The maximum Gasteiger partial charge on any atom is 0.204 e. The minimum Gasteiger partial charge on any atom is -0.486 e. The van der Waals surface area contributed by atoms with Crippen LogP contribution in [0.25, 0.3) is 0 Å². The summed E-state index contributed by atoms with van der Waals surface area (Å²) < 4.78 is 12.6. The minimum atomic E-state index is -0.0282. The normalized spacial score (nSPS) is 13.4. The molecule has 1 aromatic heterocycles. The minimum absolute atomic E-state index is 0.0282. The summed E-state index contributed by atoms with van der Waals surface area (Å²) in [5.41, 5.74) is 0.582. The van der Waals surface area contributed by atoms with Gasteiger partial charge in [-0.2, -0.15) is 0 Å². The Morgan fingerprint density at radius 2 is 1.79 bits per heavy atom. The number of ketones is 1. The summed E-state index contributed by atoms with van der Waals surface area (Å²) in [5.74, 6) is 1.26. The van der Waals surface area contributed by atoms with Crippen LogP contribution >= 0.6 is 43.2 Å². The van der Waals surface area contributed by atoms with E-state index in [2.05, 4.69) is 31.9 Å². The molecule has 19 heavy (non-hydrogen) atoms. The van der Waals surface area contributed by atoms with Crippen molar-refractivity contribution < 1.29 is 14.3 Å². The van der Waals surface area contributed by atoms with Crippen LogP contribution < -0.4 is 9.47 Å². The van der Waals surface area contributed by atoms with Crippen LogP contribution in [0.3, 0.4) is 0 Å². The summed E-state index contributed by atoms with van der Waals surface area (Å²) in [5, 5.41) is 0. The number of thiophene rings is 1. The van der Waals surface area contributed by atoms with E-state index in [1.165, 1.54) is 11.3 Å². The van der Waals surface area contributed by atoms with Crippen LogP contribution in [0.15, 0.2) is 32.5 Å². The van der Waals surface area contributed by atoms with Gasteiger partial charge in [-0.1, -0.05) is 0 Å².